The summed E-state index contributed by atoms with van der Waals surface area (Å²) in [7, 11) is 0. The summed E-state index contributed by atoms with van der Waals surface area (Å²) in [6, 6.07) is 6.93. The monoisotopic (exact) mass is 199 g/mol. The zero-order chi connectivity index (χ0) is 9.68. The van der Waals surface area contributed by atoms with E-state index in [1.165, 1.54) is 6.92 Å². The van der Waals surface area contributed by atoms with E-state index >= 15 is 0 Å². The standard InChI is InChI=1S/C8H9NO3S/c1-6(10)7-2-4-8(5-3-7)13-12-11-9/h2-5H,9H2,1H3. The molecule has 2 N–H and O–H groups in total. The summed E-state index contributed by atoms with van der Waals surface area (Å²) in [6.45, 7) is 1.52. The lowest BCUT2D eigenvalue weighted by molar-refractivity contribution is -0.195. The van der Waals surface area contributed by atoms with Gasteiger partial charge in [-0.15, -0.1) is 9.32 Å². The lowest BCUT2D eigenvalue weighted by Crippen LogP contribution is -1.94. The van der Waals surface area contributed by atoms with Gasteiger partial charge in [-0.3, -0.25) is 4.79 Å². The summed E-state index contributed by atoms with van der Waals surface area (Å²) < 4.78 is 4.43. The fourth-order valence-corrected chi connectivity index (χ4v) is 1.17. The number of carbonyl (C=O) groups is 1. The van der Waals surface area contributed by atoms with Gasteiger partial charge in [-0.05, 0) is 19.1 Å². The van der Waals surface area contributed by atoms with Crippen molar-refractivity contribution < 1.29 is 14.1 Å². The summed E-state index contributed by atoms with van der Waals surface area (Å²) >= 11 is 0.982. The molecule has 0 saturated carbocycles. The van der Waals surface area contributed by atoms with E-state index in [1.54, 1.807) is 24.3 Å². The summed E-state index contributed by atoms with van der Waals surface area (Å²) in [5, 5.41) is 0. The van der Waals surface area contributed by atoms with Crippen molar-refractivity contribution in [1.82, 2.24) is 0 Å². The first kappa shape index (κ1) is 10.2. The molecule has 0 aromatic heterocycles. The maximum Gasteiger partial charge on any atom is 0.159 e. The predicted octanol–water partition coefficient (Wildman–Crippen LogP) is 1.72. The third-order valence-electron chi connectivity index (χ3n) is 1.43. The minimum atomic E-state index is 0.0348. The molecule has 70 valence electrons. The van der Waals surface area contributed by atoms with Crippen molar-refractivity contribution in [1.29, 1.82) is 0 Å². The van der Waals surface area contributed by atoms with Gasteiger partial charge in [-0.25, -0.2) is 0 Å². The van der Waals surface area contributed by atoms with Crippen LogP contribution in [0.25, 0.3) is 0 Å². The van der Waals surface area contributed by atoms with Crippen LogP contribution in [0.5, 0.6) is 0 Å². The van der Waals surface area contributed by atoms with E-state index in [-0.39, 0.29) is 5.78 Å². The fourth-order valence-electron chi connectivity index (χ4n) is 0.804. The van der Waals surface area contributed by atoms with E-state index in [9.17, 15) is 4.79 Å². The SMILES string of the molecule is CC(=O)c1ccc(SOON)cc1. The molecule has 0 aliphatic carbocycles. The lowest BCUT2D eigenvalue weighted by Gasteiger charge is -1.98. The molecule has 0 amide bonds. The Kier molecular flexibility index (Phi) is 3.91. The van der Waals surface area contributed by atoms with Gasteiger partial charge in [0.25, 0.3) is 0 Å². The predicted molar refractivity (Wildman–Crippen MR) is 48.7 cm³/mol. The number of carbonyl (C=O) groups excluding carboxylic acids is 1. The Balaban J connectivity index is 2.64. The van der Waals surface area contributed by atoms with Crippen LogP contribution in [0.1, 0.15) is 17.3 Å². The van der Waals surface area contributed by atoms with Gasteiger partial charge in [-0.2, -0.15) is 5.90 Å². The summed E-state index contributed by atoms with van der Waals surface area (Å²) in [5.74, 6) is 4.69. The summed E-state index contributed by atoms with van der Waals surface area (Å²) in [4.78, 5) is 15.6. The Bertz CT molecular complexity index is 286. The number of Topliss-reactive ketones (excluding diaryl/α,β-unsaturated/α-hetero) is 1. The third kappa shape index (κ3) is 3.16. The summed E-state index contributed by atoms with van der Waals surface area (Å²) in [5.41, 5.74) is 0.665. The Morgan fingerprint density at radius 2 is 2.00 bits per heavy atom. The van der Waals surface area contributed by atoms with Crippen LogP contribution in [-0.2, 0) is 9.32 Å². The van der Waals surface area contributed by atoms with Crippen LogP contribution in [0.15, 0.2) is 29.2 Å². The molecule has 1 aromatic carbocycles. The van der Waals surface area contributed by atoms with E-state index in [0.29, 0.717) is 5.56 Å². The van der Waals surface area contributed by atoms with Crippen molar-refractivity contribution in [2.45, 2.75) is 11.8 Å². The molecule has 0 unspecified atom stereocenters. The number of rotatable bonds is 4. The molecule has 0 radical (unpaired) electrons. The van der Waals surface area contributed by atoms with Crippen LogP contribution in [0, 0.1) is 0 Å². The van der Waals surface area contributed by atoms with Gasteiger partial charge in [0.1, 0.15) is 0 Å². The molecule has 0 fully saturated rings. The molecule has 13 heavy (non-hydrogen) atoms. The first-order valence-corrected chi connectivity index (χ1v) is 4.29. The molecule has 0 atom stereocenters. The quantitative estimate of drug-likeness (QED) is 0.346. The molecule has 4 nitrogen and oxygen atoms in total. The smallest absolute Gasteiger partial charge is 0.159 e. The van der Waals surface area contributed by atoms with Gasteiger partial charge in [0.15, 0.2) is 5.78 Å². The molecule has 0 bridgehead atoms. The molecule has 1 aromatic rings. The molecule has 1 rings (SSSR count). The highest BCUT2D eigenvalue weighted by molar-refractivity contribution is 7.94. The molecule has 0 spiro atoms. The Morgan fingerprint density at radius 1 is 1.38 bits per heavy atom. The zero-order valence-electron chi connectivity index (χ0n) is 7.02. The van der Waals surface area contributed by atoms with Crippen molar-refractivity contribution in [3.63, 3.8) is 0 Å². The van der Waals surface area contributed by atoms with Crippen molar-refractivity contribution >= 4 is 17.8 Å². The van der Waals surface area contributed by atoms with Gasteiger partial charge in [0, 0.05) is 10.5 Å². The normalized spacial score (nSPS) is 10.0. The number of benzene rings is 1. The van der Waals surface area contributed by atoms with Crippen LogP contribution in [0.3, 0.4) is 0 Å². The molecule has 0 aliphatic rings. The van der Waals surface area contributed by atoms with Crippen LogP contribution in [0.2, 0.25) is 0 Å². The van der Waals surface area contributed by atoms with Crippen molar-refractivity contribution in [3.05, 3.63) is 29.8 Å². The van der Waals surface area contributed by atoms with E-state index < -0.39 is 0 Å². The van der Waals surface area contributed by atoms with Gasteiger partial charge in [0.05, 0.1) is 12.0 Å². The van der Waals surface area contributed by atoms with E-state index in [1.807, 2.05) is 0 Å². The molecule has 0 heterocycles. The van der Waals surface area contributed by atoms with Gasteiger partial charge >= 0.3 is 0 Å². The first-order valence-electron chi connectivity index (χ1n) is 3.55. The molecule has 0 aliphatic heterocycles. The van der Waals surface area contributed by atoms with Crippen LogP contribution in [0.4, 0.5) is 0 Å². The van der Waals surface area contributed by atoms with Crippen molar-refractivity contribution in [3.8, 4) is 0 Å². The van der Waals surface area contributed by atoms with Gasteiger partial charge in [0.2, 0.25) is 0 Å². The highest BCUT2D eigenvalue weighted by Gasteiger charge is 1.99. The number of ketones is 1. The molecular weight excluding hydrogens is 190 g/mol. The zero-order valence-corrected chi connectivity index (χ0v) is 7.84. The molecule has 5 heteroatoms. The highest BCUT2D eigenvalue weighted by atomic mass is 32.2. The lowest BCUT2D eigenvalue weighted by atomic mass is 10.2. The Morgan fingerprint density at radius 3 is 2.46 bits per heavy atom. The Labute approximate surface area is 80.1 Å². The largest absolute Gasteiger partial charge is 0.295 e. The topological polar surface area (TPSA) is 61.5 Å². The minimum Gasteiger partial charge on any atom is -0.295 e. The van der Waals surface area contributed by atoms with Crippen LogP contribution in [-0.4, -0.2) is 5.78 Å². The second-order valence-electron chi connectivity index (χ2n) is 2.33. The van der Waals surface area contributed by atoms with Gasteiger partial charge < -0.3 is 0 Å². The van der Waals surface area contributed by atoms with E-state index in [2.05, 4.69) is 15.2 Å². The number of nitrogens with two attached hydrogens (primary N) is 1. The number of hydrogen-bond donors (Lipinski definition) is 1. The highest BCUT2D eigenvalue weighted by Crippen LogP contribution is 2.18. The Hall–Kier alpha value is -0.880. The maximum atomic E-state index is 10.9. The van der Waals surface area contributed by atoms with E-state index in [0.717, 1.165) is 16.9 Å². The van der Waals surface area contributed by atoms with E-state index in [4.69, 9.17) is 0 Å². The summed E-state index contributed by atoms with van der Waals surface area (Å²) in [6.07, 6.45) is 0. The van der Waals surface area contributed by atoms with Gasteiger partial charge in [-0.1, -0.05) is 12.1 Å². The van der Waals surface area contributed by atoms with Crippen LogP contribution >= 0.6 is 12.0 Å². The average molecular weight is 199 g/mol. The second-order valence-corrected chi connectivity index (χ2v) is 3.10. The van der Waals surface area contributed by atoms with Crippen LogP contribution < -0.4 is 5.90 Å². The minimum absolute atomic E-state index is 0.0348. The molecular formula is C8H9NO3S. The van der Waals surface area contributed by atoms with Crippen molar-refractivity contribution in [2.75, 3.05) is 0 Å². The first-order chi connectivity index (χ1) is 6.24. The number of hydrogen-bond acceptors (Lipinski definition) is 5. The maximum absolute atomic E-state index is 10.9. The second kappa shape index (κ2) is 4.98. The van der Waals surface area contributed by atoms with Crippen molar-refractivity contribution in [2.24, 2.45) is 5.90 Å². The fraction of sp³-hybridized carbons (Fsp3) is 0.125. The molecule has 0 saturated heterocycles. The third-order valence-corrected chi connectivity index (χ3v) is 2.04. The average Bonchev–Trinajstić information content (AvgIpc) is 2.15.